The smallest absolute Gasteiger partial charge is 0.251 e. The average molecular weight is 277 g/mol. The summed E-state index contributed by atoms with van der Waals surface area (Å²) in [6.45, 7) is 9.44. The highest BCUT2D eigenvalue weighted by Gasteiger charge is 2.14. The zero-order valence-corrected chi connectivity index (χ0v) is 12.7. The molecule has 0 saturated heterocycles. The van der Waals surface area contributed by atoms with Crippen molar-refractivity contribution >= 4 is 0 Å². The van der Waals surface area contributed by atoms with Crippen molar-refractivity contribution in [1.82, 2.24) is 15.5 Å². The van der Waals surface area contributed by atoms with Gasteiger partial charge in [0.2, 0.25) is 5.89 Å². The Labute approximate surface area is 119 Å². The number of rotatable bonds is 6. The van der Waals surface area contributed by atoms with Crippen LogP contribution in [0.4, 0.5) is 0 Å². The lowest BCUT2D eigenvalue weighted by atomic mass is 10.1. The van der Waals surface area contributed by atoms with E-state index in [1.165, 1.54) is 0 Å². The molecule has 2 aromatic rings. The number of hydrogen-bond donors (Lipinski definition) is 1. The summed E-state index contributed by atoms with van der Waals surface area (Å²) < 4.78 is 11.1. The monoisotopic (exact) mass is 277 g/mol. The van der Waals surface area contributed by atoms with Crippen molar-refractivity contribution in [3.63, 3.8) is 0 Å². The molecule has 110 valence electrons. The van der Waals surface area contributed by atoms with E-state index in [4.69, 9.17) is 8.83 Å². The maximum Gasteiger partial charge on any atom is 0.251 e. The third-order valence-electron chi connectivity index (χ3n) is 2.99. The summed E-state index contributed by atoms with van der Waals surface area (Å²) in [6.07, 6.45) is 4.24. The van der Waals surface area contributed by atoms with Crippen LogP contribution in [0.3, 0.4) is 0 Å². The summed E-state index contributed by atoms with van der Waals surface area (Å²) >= 11 is 0. The van der Waals surface area contributed by atoms with E-state index in [1.54, 1.807) is 6.26 Å². The quantitative estimate of drug-likeness (QED) is 0.821. The van der Waals surface area contributed by atoms with Gasteiger partial charge in [-0.05, 0) is 39.8 Å². The van der Waals surface area contributed by atoms with Crippen molar-refractivity contribution in [2.45, 2.75) is 52.5 Å². The van der Waals surface area contributed by atoms with E-state index in [0.29, 0.717) is 11.8 Å². The molecule has 0 bridgehead atoms. The van der Waals surface area contributed by atoms with Gasteiger partial charge in [0.1, 0.15) is 5.76 Å². The molecule has 0 aromatic carbocycles. The first-order valence-corrected chi connectivity index (χ1v) is 7.14. The van der Waals surface area contributed by atoms with Crippen LogP contribution in [0.2, 0.25) is 0 Å². The molecule has 0 spiro atoms. The second kappa shape index (κ2) is 6.22. The highest BCUT2D eigenvalue weighted by molar-refractivity contribution is 5.54. The van der Waals surface area contributed by atoms with Gasteiger partial charge in [0.25, 0.3) is 5.89 Å². The van der Waals surface area contributed by atoms with Crippen LogP contribution in [0.1, 0.15) is 45.8 Å². The Balaban J connectivity index is 1.90. The van der Waals surface area contributed by atoms with Crippen LogP contribution < -0.4 is 5.32 Å². The number of hydrogen-bond acceptors (Lipinski definition) is 5. The van der Waals surface area contributed by atoms with Crippen LogP contribution in [-0.4, -0.2) is 22.3 Å². The first-order valence-electron chi connectivity index (χ1n) is 7.14. The van der Waals surface area contributed by atoms with Gasteiger partial charge in [0, 0.05) is 18.4 Å². The Morgan fingerprint density at radius 1 is 1.25 bits per heavy atom. The van der Waals surface area contributed by atoms with Gasteiger partial charge in [-0.25, -0.2) is 0 Å². The molecule has 0 aliphatic carbocycles. The standard InChI is InChI=1S/C15H23N3O2/c1-5-12-11(8-10-19-12)14-18-17-13(20-14)7-6-9-16-15(2,3)4/h8,10,16H,5-7,9H2,1-4H3. The van der Waals surface area contributed by atoms with Crippen molar-refractivity contribution < 1.29 is 8.83 Å². The minimum atomic E-state index is 0.146. The van der Waals surface area contributed by atoms with E-state index in [-0.39, 0.29) is 5.54 Å². The third-order valence-corrected chi connectivity index (χ3v) is 2.99. The molecule has 0 atom stereocenters. The molecule has 0 radical (unpaired) electrons. The van der Waals surface area contributed by atoms with E-state index in [0.717, 1.165) is 37.1 Å². The van der Waals surface area contributed by atoms with Gasteiger partial charge in [0.05, 0.1) is 11.8 Å². The highest BCUT2D eigenvalue weighted by Crippen LogP contribution is 2.24. The van der Waals surface area contributed by atoms with Crippen LogP contribution in [0.15, 0.2) is 21.2 Å². The van der Waals surface area contributed by atoms with Crippen molar-refractivity contribution in [2.24, 2.45) is 0 Å². The summed E-state index contributed by atoms with van der Waals surface area (Å²) in [6, 6.07) is 1.87. The van der Waals surface area contributed by atoms with Gasteiger partial charge in [-0.2, -0.15) is 0 Å². The second-order valence-corrected chi connectivity index (χ2v) is 5.89. The molecule has 2 aromatic heterocycles. The molecular weight excluding hydrogens is 254 g/mol. The van der Waals surface area contributed by atoms with Crippen LogP contribution in [-0.2, 0) is 12.8 Å². The largest absolute Gasteiger partial charge is 0.469 e. The molecule has 20 heavy (non-hydrogen) atoms. The van der Waals surface area contributed by atoms with Gasteiger partial charge in [-0.1, -0.05) is 6.92 Å². The van der Waals surface area contributed by atoms with Gasteiger partial charge in [0.15, 0.2) is 0 Å². The molecular formula is C15H23N3O2. The molecule has 0 saturated carbocycles. The zero-order chi connectivity index (χ0) is 14.6. The first kappa shape index (κ1) is 14.8. The topological polar surface area (TPSA) is 64.1 Å². The van der Waals surface area contributed by atoms with Crippen LogP contribution in [0.5, 0.6) is 0 Å². The van der Waals surface area contributed by atoms with Crippen LogP contribution in [0, 0.1) is 0 Å². The summed E-state index contributed by atoms with van der Waals surface area (Å²) in [5.41, 5.74) is 1.05. The number of furan rings is 1. The summed E-state index contributed by atoms with van der Waals surface area (Å²) in [4.78, 5) is 0. The number of aryl methyl sites for hydroxylation is 2. The van der Waals surface area contributed by atoms with Crippen molar-refractivity contribution in [2.75, 3.05) is 6.54 Å². The van der Waals surface area contributed by atoms with E-state index in [2.05, 4.69) is 36.3 Å². The van der Waals surface area contributed by atoms with Crippen LogP contribution in [0.25, 0.3) is 11.5 Å². The summed E-state index contributed by atoms with van der Waals surface area (Å²) in [5.74, 6) is 2.11. The fourth-order valence-corrected chi connectivity index (χ4v) is 1.97. The van der Waals surface area contributed by atoms with Gasteiger partial charge < -0.3 is 14.2 Å². The average Bonchev–Trinajstić information content (AvgIpc) is 3.01. The molecule has 2 rings (SSSR count). The molecule has 0 amide bonds. The number of aromatic nitrogens is 2. The normalized spacial score (nSPS) is 12.0. The van der Waals surface area contributed by atoms with Gasteiger partial charge in [-0.15, -0.1) is 10.2 Å². The van der Waals surface area contributed by atoms with E-state index < -0.39 is 0 Å². The maximum absolute atomic E-state index is 5.69. The number of nitrogens with one attached hydrogen (secondary N) is 1. The Kier molecular flexibility index (Phi) is 4.60. The Hall–Kier alpha value is -1.62. The molecule has 0 unspecified atom stereocenters. The zero-order valence-electron chi connectivity index (χ0n) is 12.7. The Bertz CT molecular complexity index is 537. The lowest BCUT2D eigenvalue weighted by Gasteiger charge is -2.19. The maximum atomic E-state index is 5.69. The minimum absolute atomic E-state index is 0.146. The molecule has 2 heterocycles. The Morgan fingerprint density at radius 3 is 2.75 bits per heavy atom. The summed E-state index contributed by atoms with van der Waals surface area (Å²) in [7, 11) is 0. The van der Waals surface area contributed by atoms with E-state index in [9.17, 15) is 0 Å². The fourth-order valence-electron chi connectivity index (χ4n) is 1.97. The molecule has 5 nitrogen and oxygen atoms in total. The van der Waals surface area contributed by atoms with Gasteiger partial charge >= 0.3 is 0 Å². The third kappa shape index (κ3) is 3.93. The molecule has 0 fully saturated rings. The minimum Gasteiger partial charge on any atom is -0.469 e. The van der Waals surface area contributed by atoms with E-state index >= 15 is 0 Å². The number of nitrogens with zero attached hydrogens (tertiary/aromatic N) is 2. The fraction of sp³-hybridized carbons (Fsp3) is 0.600. The Morgan fingerprint density at radius 2 is 2.05 bits per heavy atom. The van der Waals surface area contributed by atoms with Crippen molar-refractivity contribution in [3.8, 4) is 11.5 Å². The lowest BCUT2D eigenvalue weighted by molar-refractivity contribution is 0.412. The lowest BCUT2D eigenvalue weighted by Crippen LogP contribution is -2.36. The second-order valence-electron chi connectivity index (χ2n) is 5.89. The van der Waals surface area contributed by atoms with Crippen LogP contribution >= 0.6 is 0 Å². The van der Waals surface area contributed by atoms with Crippen molar-refractivity contribution in [3.05, 3.63) is 24.0 Å². The van der Waals surface area contributed by atoms with Crippen molar-refractivity contribution in [1.29, 1.82) is 0 Å². The summed E-state index contributed by atoms with van der Waals surface area (Å²) in [5, 5.41) is 11.6. The molecule has 0 aliphatic rings. The molecule has 0 aliphatic heterocycles. The van der Waals surface area contributed by atoms with Gasteiger partial charge in [-0.3, -0.25) is 0 Å². The first-order chi connectivity index (χ1) is 9.49. The molecule has 5 heteroatoms. The highest BCUT2D eigenvalue weighted by atomic mass is 16.4. The SMILES string of the molecule is CCc1occc1-c1nnc(CCCNC(C)(C)C)o1. The van der Waals surface area contributed by atoms with E-state index in [1.807, 2.05) is 13.0 Å². The predicted octanol–water partition coefficient (Wildman–Crippen LogP) is 3.21. The molecule has 1 N–H and O–H groups in total. The predicted molar refractivity (Wildman–Crippen MR) is 77.5 cm³/mol.